The van der Waals surface area contributed by atoms with Crippen molar-refractivity contribution in [3.63, 3.8) is 0 Å². The van der Waals surface area contributed by atoms with Crippen LogP contribution in [-0.2, 0) is 9.53 Å². The lowest BCUT2D eigenvalue weighted by atomic mass is 10.4. The third kappa shape index (κ3) is 3.45. The average Bonchev–Trinajstić information content (AvgIpc) is 1.98. The van der Waals surface area contributed by atoms with Gasteiger partial charge in [-0.25, -0.2) is 0 Å². The molecule has 0 aromatic carbocycles. The van der Waals surface area contributed by atoms with E-state index in [1.54, 1.807) is 26.0 Å². The van der Waals surface area contributed by atoms with Crippen LogP contribution in [0, 0.1) is 6.42 Å². The molecule has 1 amide bonds. The van der Waals surface area contributed by atoms with Crippen LogP contribution in [0.5, 0.6) is 0 Å². The molecule has 0 fully saturated rings. The van der Waals surface area contributed by atoms with Gasteiger partial charge in [0.15, 0.2) is 0 Å². The predicted molar refractivity (Wildman–Crippen MR) is 39.5 cm³/mol. The molecule has 0 aliphatic rings. The topological polar surface area (TPSA) is 29.5 Å². The molecule has 59 valence electrons. The number of carbonyl (C=O) groups is 1. The van der Waals surface area contributed by atoms with Gasteiger partial charge in [-0.3, -0.25) is 4.79 Å². The van der Waals surface area contributed by atoms with Gasteiger partial charge < -0.3 is 9.64 Å². The van der Waals surface area contributed by atoms with Crippen LogP contribution in [0.3, 0.4) is 0 Å². The van der Waals surface area contributed by atoms with Crippen LogP contribution in [0.4, 0.5) is 0 Å². The first-order valence-corrected chi connectivity index (χ1v) is 3.25. The van der Waals surface area contributed by atoms with Gasteiger partial charge in [0.1, 0.15) is 0 Å². The van der Waals surface area contributed by atoms with E-state index in [1.807, 2.05) is 0 Å². The van der Waals surface area contributed by atoms with Crippen LogP contribution in [0.2, 0.25) is 0 Å². The minimum absolute atomic E-state index is 0.0389. The monoisotopic (exact) mass is 144 g/mol. The largest absolute Gasteiger partial charge is 0.383 e. The molecule has 0 aliphatic carbocycles. The van der Waals surface area contributed by atoms with Crippen molar-refractivity contribution in [1.82, 2.24) is 4.90 Å². The summed E-state index contributed by atoms with van der Waals surface area (Å²) >= 11 is 0. The van der Waals surface area contributed by atoms with Crippen molar-refractivity contribution in [2.24, 2.45) is 0 Å². The van der Waals surface area contributed by atoms with E-state index in [1.165, 1.54) is 6.42 Å². The second-order valence-corrected chi connectivity index (χ2v) is 2.04. The number of rotatable bonds is 4. The zero-order chi connectivity index (χ0) is 7.98. The van der Waals surface area contributed by atoms with E-state index in [0.717, 1.165) is 0 Å². The van der Waals surface area contributed by atoms with Crippen molar-refractivity contribution in [3.05, 3.63) is 6.42 Å². The first-order chi connectivity index (χ1) is 4.72. The van der Waals surface area contributed by atoms with E-state index in [9.17, 15) is 4.79 Å². The van der Waals surface area contributed by atoms with Crippen LogP contribution >= 0.6 is 0 Å². The molecule has 0 atom stereocenters. The summed E-state index contributed by atoms with van der Waals surface area (Å²) in [7, 11) is 3.37. The highest BCUT2D eigenvalue weighted by Gasteiger charge is 2.03. The molecule has 0 rings (SSSR count). The van der Waals surface area contributed by atoms with Crippen LogP contribution < -0.4 is 0 Å². The lowest BCUT2D eigenvalue weighted by molar-refractivity contribution is -0.126. The number of amides is 1. The van der Waals surface area contributed by atoms with E-state index >= 15 is 0 Å². The van der Waals surface area contributed by atoms with Crippen LogP contribution in [0.25, 0.3) is 0 Å². The Bertz CT molecular complexity index is 104. The van der Waals surface area contributed by atoms with Crippen LogP contribution in [-0.4, -0.2) is 38.1 Å². The van der Waals surface area contributed by atoms with Gasteiger partial charge in [0, 0.05) is 27.1 Å². The highest BCUT2D eigenvalue weighted by molar-refractivity contribution is 5.83. The van der Waals surface area contributed by atoms with Crippen molar-refractivity contribution in [2.45, 2.75) is 6.92 Å². The number of hydrogen-bond acceptors (Lipinski definition) is 2. The Morgan fingerprint density at radius 1 is 1.70 bits per heavy atom. The summed E-state index contributed by atoms with van der Waals surface area (Å²) in [4.78, 5) is 12.4. The number of hydrogen-bond donors (Lipinski definition) is 0. The van der Waals surface area contributed by atoms with Gasteiger partial charge >= 0.3 is 0 Å². The minimum atomic E-state index is 0.0389. The fourth-order valence-corrected chi connectivity index (χ4v) is 0.559. The van der Waals surface area contributed by atoms with E-state index in [4.69, 9.17) is 4.74 Å². The van der Waals surface area contributed by atoms with Crippen molar-refractivity contribution in [2.75, 3.05) is 27.3 Å². The summed E-state index contributed by atoms with van der Waals surface area (Å²) in [5.41, 5.74) is 0. The second-order valence-electron chi connectivity index (χ2n) is 2.04. The summed E-state index contributed by atoms with van der Waals surface area (Å²) in [5, 5.41) is 0. The number of nitrogens with zero attached hydrogens (tertiary/aromatic N) is 1. The molecule has 0 N–H and O–H groups in total. The molecule has 3 heteroatoms. The van der Waals surface area contributed by atoms with Gasteiger partial charge in [0.2, 0.25) is 5.91 Å². The molecule has 0 unspecified atom stereocenters. The second kappa shape index (κ2) is 5.23. The predicted octanol–water partition coefficient (Wildman–Crippen LogP) is 0.315. The Balaban J connectivity index is 3.41. The maximum Gasteiger partial charge on any atom is 0.226 e. The highest BCUT2D eigenvalue weighted by Crippen LogP contribution is 1.87. The van der Waals surface area contributed by atoms with Gasteiger partial charge in [-0.2, -0.15) is 0 Å². The Kier molecular flexibility index (Phi) is 4.94. The maximum absolute atomic E-state index is 10.8. The molecule has 0 saturated carbocycles. The SMILES string of the molecule is C[CH]C(=O)N(C)CCOC. The summed E-state index contributed by atoms with van der Waals surface area (Å²) in [6.07, 6.45) is 1.54. The number of methoxy groups -OCH3 is 1. The molecule has 3 nitrogen and oxygen atoms in total. The highest BCUT2D eigenvalue weighted by atomic mass is 16.5. The van der Waals surface area contributed by atoms with E-state index in [0.29, 0.717) is 13.2 Å². The Morgan fingerprint density at radius 3 is 2.70 bits per heavy atom. The number of ether oxygens (including phenoxy) is 1. The lowest BCUT2D eigenvalue weighted by Gasteiger charge is -2.14. The van der Waals surface area contributed by atoms with Crippen molar-refractivity contribution < 1.29 is 9.53 Å². The van der Waals surface area contributed by atoms with Gasteiger partial charge in [-0.15, -0.1) is 0 Å². The molecule has 0 spiro atoms. The van der Waals surface area contributed by atoms with E-state index < -0.39 is 0 Å². The summed E-state index contributed by atoms with van der Waals surface area (Å²) in [6, 6.07) is 0. The molecule has 0 aliphatic heterocycles. The summed E-state index contributed by atoms with van der Waals surface area (Å²) in [5.74, 6) is 0.0389. The van der Waals surface area contributed by atoms with Crippen molar-refractivity contribution in [1.29, 1.82) is 0 Å². The quantitative estimate of drug-likeness (QED) is 0.568. The summed E-state index contributed by atoms with van der Waals surface area (Å²) in [6.45, 7) is 2.97. The molecular formula is C7H14NO2. The van der Waals surface area contributed by atoms with Gasteiger partial charge in [-0.05, 0) is 0 Å². The standard InChI is InChI=1S/C7H14NO2/c1-4-7(9)8(2)5-6-10-3/h4H,5-6H2,1-3H3. The third-order valence-electron chi connectivity index (χ3n) is 1.25. The third-order valence-corrected chi connectivity index (χ3v) is 1.25. The average molecular weight is 144 g/mol. The smallest absolute Gasteiger partial charge is 0.226 e. The Labute approximate surface area is 62.0 Å². The van der Waals surface area contributed by atoms with Gasteiger partial charge in [0.25, 0.3) is 0 Å². The lowest BCUT2D eigenvalue weighted by Crippen LogP contribution is -2.29. The molecule has 0 aromatic rings. The fourth-order valence-electron chi connectivity index (χ4n) is 0.559. The molecular weight excluding hydrogens is 130 g/mol. The van der Waals surface area contributed by atoms with Crippen LogP contribution in [0.15, 0.2) is 0 Å². The maximum atomic E-state index is 10.8. The van der Waals surface area contributed by atoms with Crippen LogP contribution in [0.1, 0.15) is 6.92 Å². The fraction of sp³-hybridized carbons (Fsp3) is 0.714. The molecule has 10 heavy (non-hydrogen) atoms. The van der Waals surface area contributed by atoms with E-state index in [2.05, 4.69) is 0 Å². The number of likely N-dealkylation sites (N-methyl/N-ethyl adjacent to an activating group) is 1. The molecule has 1 radical (unpaired) electrons. The Morgan fingerprint density at radius 2 is 2.30 bits per heavy atom. The molecule has 0 heterocycles. The van der Waals surface area contributed by atoms with Gasteiger partial charge in [-0.1, -0.05) is 6.92 Å². The first-order valence-electron chi connectivity index (χ1n) is 3.25. The molecule has 0 aromatic heterocycles. The van der Waals surface area contributed by atoms with E-state index in [-0.39, 0.29) is 5.91 Å². The normalized spacial score (nSPS) is 9.50. The zero-order valence-electron chi connectivity index (χ0n) is 6.76. The zero-order valence-corrected chi connectivity index (χ0v) is 6.76. The molecule has 0 saturated heterocycles. The van der Waals surface area contributed by atoms with Crippen molar-refractivity contribution >= 4 is 5.91 Å². The first kappa shape index (κ1) is 9.43. The molecule has 0 bridgehead atoms. The number of carbonyl (C=O) groups excluding carboxylic acids is 1. The summed E-state index contributed by atoms with van der Waals surface area (Å²) < 4.78 is 4.80. The minimum Gasteiger partial charge on any atom is -0.383 e. The van der Waals surface area contributed by atoms with Crippen molar-refractivity contribution in [3.8, 4) is 0 Å². The van der Waals surface area contributed by atoms with Gasteiger partial charge in [0.05, 0.1) is 6.61 Å². The Hall–Kier alpha value is -0.570.